The lowest BCUT2D eigenvalue weighted by Gasteiger charge is -2.30. The fourth-order valence-electron chi connectivity index (χ4n) is 2.27. The molecule has 0 heterocycles. The van der Waals surface area contributed by atoms with Crippen molar-refractivity contribution in [2.24, 2.45) is 5.92 Å². The van der Waals surface area contributed by atoms with Crippen molar-refractivity contribution in [1.29, 1.82) is 0 Å². The Hall–Kier alpha value is -1.22. The fraction of sp³-hybridized carbons (Fsp3) is 0.500. The van der Waals surface area contributed by atoms with E-state index in [-0.39, 0.29) is 12.6 Å². The molecule has 1 aliphatic rings. The molecule has 1 aromatic carbocycles. The number of anilines is 1. The van der Waals surface area contributed by atoms with Crippen molar-refractivity contribution in [3.63, 3.8) is 0 Å². The number of hydrogen-bond acceptors (Lipinski definition) is 2. The van der Waals surface area contributed by atoms with Gasteiger partial charge in [-0.2, -0.15) is 0 Å². The van der Waals surface area contributed by atoms with Gasteiger partial charge in [-0.1, -0.05) is 30.5 Å². The third-order valence-corrected chi connectivity index (χ3v) is 3.58. The number of carbonyl (C=O) groups is 1. The van der Waals surface area contributed by atoms with Crippen molar-refractivity contribution < 1.29 is 9.90 Å². The van der Waals surface area contributed by atoms with Crippen LogP contribution in [0.1, 0.15) is 26.2 Å². The monoisotopic (exact) mass is 267 g/mol. The summed E-state index contributed by atoms with van der Waals surface area (Å²) in [6.07, 6.45) is 3.61. The van der Waals surface area contributed by atoms with Crippen LogP contribution < -0.4 is 4.90 Å². The van der Waals surface area contributed by atoms with E-state index in [4.69, 9.17) is 16.7 Å². The molecular formula is C14H18ClNO2. The second-order valence-corrected chi connectivity index (χ2v) is 5.47. The summed E-state index contributed by atoms with van der Waals surface area (Å²) in [6.45, 7) is 2.11. The highest BCUT2D eigenvalue weighted by Crippen LogP contribution is 2.35. The number of carboxylic acid groups (broad SMARTS) is 1. The van der Waals surface area contributed by atoms with Crippen molar-refractivity contribution in [2.45, 2.75) is 32.2 Å². The largest absolute Gasteiger partial charge is 0.480 e. The lowest BCUT2D eigenvalue weighted by atomic mass is 10.1. The highest BCUT2D eigenvalue weighted by molar-refractivity contribution is 6.30. The second kappa shape index (κ2) is 5.61. The van der Waals surface area contributed by atoms with E-state index >= 15 is 0 Å². The molecule has 1 N–H and O–H groups in total. The molecule has 1 aromatic rings. The number of hydrogen-bond donors (Lipinski definition) is 1. The second-order valence-electron chi connectivity index (χ2n) is 5.03. The van der Waals surface area contributed by atoms with Crippen LogP contribution in [-0.2, 0) is 4.79 Å². The van der Waals surface area contributed by atoms with Crippen LogP contribution in [0.15, 0.2) is 24.3 Å². The Balaban J connectivity index is 2.14. The predicted molar refractivity (Wildman–Crippen MR) is 73.2 cm³/mol. The van der Waals surface area contributed by atoms with Gasteiger partial charge in [-0.25, -0.2) is 0 Å². The van der Waals surface area contributed by atoms with Crippen molar-refractivity contribution in [2.75, 3.05) is 11.4 Å². The summed E-state index contributed by atoms with van der Waals surface area (Å²) in [5, 5.41) is 9.68. The molecule has 1 atom stereocenters. The van der Waals surface area contributed by atoms with Crippen LogP contribution in [0.5, 0.6) is 0 Å². The molecule has 0 amide bonds. The molecule has 0 saturated heterocycles. The molecule has 1 unspecified atom stereocenters. The number of rotatable bonds is 6. The predicted octanol–water partition coefficient (Wildman–Crippen LogP) is 3.42. The molecule has 18 heavy (non-hydrogen) atoms. The fourth-order valence-corrected chi connectivity index (χ4v) is 2.45. The number of aliphatic carboxylic acids is 1. The van der Waals surface area contributed by atoms with Gasteiger partial charge in [0, 0.05) is 16.8 Å². The van der Waals surface area contributed by atoms with Crippen molar-refractivity contribution in [1.82, 2.24) is 0 Å². The summed E-state index contributed by atoms with van der Waals surface area (Å²) in [5.74, 6) is -0.0342. The van der Waals surface area contributed by atoms with E-state index in [1.807, 2.05) is 23.1 Å². The molecule has 1 saturated carbocycles. The van der Waals surface area contributed by atoms with E-state index < -0.39 is 5.97 Å². The minimum Gasteiger partial charge on any atom is -0.480 e. The number of halogens is 1. The molecular weight excluding hydrogens is 250 g/mol. The average molecular weight is 268 g/mol. The lowest BCUT2D eigenvalue weighted by Crippen LogP contribution is -2.37. The molecule has 0 aromatic heterocycles. The minimum absolute atomic E-state index is 0.0221. The molecule has 98 valence electrons. The van der Waals surface area contributed by atoms with Gasteiger partial charge >= 0.3 is 5.97 Å². The van der Waals surface area contributed by atoms with Crippen LogP contribution in [0.4, 0.5) is 5.69 Å². The SMILES string of the molecule is CC(CC1CC1)N(CC(=O)O)c1cccc(Cl)c1. The van der Waals surface area contributed by atoms with Crippen molar-refractivity contribution in [3.05, 3.63) is 29.3 Å². The summed E-state index contributed by atoms with van der Waals surface area (Å²) in [4.78, 5) is 12.9. The molecule has 0 radical (unpaired) electrons. The van der Waals surface area contributed by atoms with Crippen LogP contribution in [0, 0.1) is 5.92 Å². The van der Waals surface area contributed by atoms with Gasteiger partial charge in [0.1, 0.15) is 6.54 Å². The van der Waals surface area contributed by atoms with E-state index in [1.54, 1.807) is 6.07 Å². The molecule has 1 aliphatic carbocycles. The first-order valence-corrected chi connectivity index (χ1v) is 6.68. The maximum absolute atomic E-state index is 11.0. The van der Waals surface area contributed by atoms with Crippen LogP contribution in [0.2, 0.25) is 5.02 Å². The van der Waals surface area contributed by atoms with E-state index in [0.29, 0.717) is 5.02 Å². The maximum Gasteiger partial charge on any atom is 0.323 e. The van der Waals surface area contributed by atoms with Gasteiger partial charge in [-0.15, -0.1) is 0 Å². The molecule has 4 heteroatoms. The molecule has 0 spiro atoms. The first-order valence-electron chi connectivity index (χ1n) is 6.30. The first kappa shape index (κ1) is 13.2. The Morgan fingerprint density at radius 3 is 2.83 bits per heavy atom. The summed E-state index contributed by atoms with van der Waals surface area (Å²) in [7, 11) is 0. The molecule has 2 rings (SSSR count). The average Bonchev–Trinajstić information content (AvgIpc) is 3.09. The van der Waals surface area contributed by atoms with Crippen LogP contribution in [-0.4, -0.2) is 23.7 Å². The highest BCUT2D eigenvalue weighted by atomic mass is 35.5. The molecule has 0 aliphatic heterocycles. The third kappa shape index (κ3) is 3.64. The zero-order valence-corrected chi connectivity index (χ0v) is 11.2. The van der Waals surface area contributed by atoms with Gasteiger partial charge in [0.25, 0.3) is 0 Å². The van der Waals surface area contributed by atoms with E-state index in [2.05, 4.69) is 6.92 Å². The van der Waals surface area contributed by atoms with Crippen molar-refractivity contribution >= 4 is 23.3 Å². The Morgan fingerprint density at radius 2 is 2.28 bits per heavy atom. The Morgan fingerprint density at radius 1 is 1.56 bits per heavy atom. The summed E-state index contributed by atoms with van der Waals surface area (Å²) in [6, 6.07) is 7.63. The van der Waals surface area contributed by atoms with E-state index in [1.165, 1.54) is 12.8 Å². The van der Waals surface area contributed by atoms with Gasteiger partial charge in [0.05, 0.1) is 0 Å². The quantitative estimate of drug-likeness (QED) is 0.859. The van der Waals surface area contributed by atoms with Gasteiger partial charge in [0.15, 0.2) is 0 Å². The molecule has 0 bridgehead atoms. The standard InChI is InChI=1S/C14H18ClNO2/c1-10(7-11-5-6-11)16(9-14(17)18)13-4-2-3-12(15)8-13/h2-4,8,10-11H,5-7,9H2,1H3,(H,17,18). The van der Waals surface area contributed by atoms with Crippen LogP contribution >= 0.6 is 11.6 Å². The van der Waals surface area contributed by atoms with Gasteiger partial charge in [-0.3, -0.25) is 4.79 Å². The zero-order chi connectivity index (χ0) is 13.1. The van der Waals surface area contributed by atoms with Crippen molar-refractivity contribution in [3.8, 4) is 0 Å². The molecule has 1 fully saturated rings. The lowest BCUT2D eigenvalue weighted by molar-refractivity contribution is -0.135. The first-order chi connectivity index (χ1) is 8.56. The van der Waals surface area contributed by atoms with Crippen LogP contribution in [0.25, 0.3) is 0 Å². The summed E-state index contributed by atoms with van der Waals surface area (Å²) >= 11 is 5.97. The number of carboxylic acids is 1. The Labute approximate surface area is 112 Å². The summed E-state index contributed by atoms with van der Waals surface area (Å²) < 4.78 is 0. The normalized spacial score (nSPS) is 16.3. The van der Waals surface area contributed by atoms with Gasteiger partial charge in [0.2, 0.25) is 0 Å². The van der Waals surface area contributed by atoms with E-state index in [0.717, 1.165) is 18.0 Å². The maximum atomic E-state index is 11.0. The Bertz CT molecular complexity index is 432. The Kier molecular flexibility index (Phi) is 4.12. The van der Waals surface area contributed by atoms with E-state index in [9.17, 15) is 4.79 Å². The number of benzene rings is 1. The van der Waals surface area contributed by atoms with Gasteiger partial charge in [-0.05, 0) is 37.5 Å². The zero-order valence-electron chi connectivity index (χ0n) is 10.5. The van der Waals surface area contributed by atoms with Crippen LogP contribution in [0.3, 0.4) is 0 Å². The topological polar surface area (TPSA) is 40.5 Å². The smallest absolute Gasteiger partial charge is 0.323 e. The summed E-state index contributed by atoms with van der Waals surface area (Å²) in [5.41, 5.74) is 0.887. The third-order valence-electron chi connectivity index (χ3n) is 3.35. The van der Waals surface area contributed by atoms with Gasteiger partial charge < -0.3 is 10.0 Å². The number of nitrogens with zero attached hydrogens (tertiary/aromatic N) is 1. The highest BCUT2D eigenvalue weighted by Gasteiger charge is 2.27. The minimum atomic E-state index is -0.808. The molecule has 3 nitrogen and oxygen atoms in total.